The molecule has 1 aliphatic rings. The van der Waals surface area contributed by atoms with Crippen LogP contribution >= 0.6 is 0 Å². The first kappa shape index (κ1) is 26.6. The van der Waals surface area contributed by atoms with Crippen molar-refractivity contribution in [2.45, 2.75) is 57.5 Å². The molecule has 1 heterocycles. The molecule has 8 nitrogen and oxygen atoms in total. The van der Waals surface area contributed by atoms with Gasteiger partial charge < -0.3 is 10.2 Å². The summed E-state index contributed by atoms with van der Waals surface area (Å²) in [6.07, 6.45) is 2.00. The summed E-state index contributed by atoms with van der Waals surface area (Å²) >= 11 is 0. The molecule has 0 unspecified atom stereocenters. The molecule has 1 aliphatic heterocycles. The fourth-order valence-electron chi connectivity index (χ4n) is 3.92. The zero-order valence-corrected chi connectivity index (χ0v) is 21.2. The molecule has 0 aliphatic carbocycles. The Hall–Kier alpha value is -3.04. The maximum absolute atomic E-state index is 12.6. The van der Waals surface area contributed by atoms with Crippen LogP contribution in [-0.2, 0) is 21.4 Å². The predicted octanol–water partition coefficient (Wildman–Crippen LogP) is 3.13. The predicted molar refractivity (Wildman–Crippen MR) is 133 cm³/mol. The van der Waals surface area contributed by atoms with Gasteiger partial charge in [-0.25, -0.2) is 13.1 Å². The van der Waals surface area contributed by atoms with Crippen molar-refractivity contribution in [1.29, 1.82) is 0 Å². The molecule has 35 heavy (non-hydrogen) atoms. The van der Waals surface area contributed by atoms with Gasteiger partial charge in [0.15, 0.2) is 5.78 Å². The second-order valence-corrected chi connectivity index (χ2v) is 11.1. The molecule has 1 fully saturated rings. The number of benzene rings is 2. The number of carbonyl (C=O) groups is 3. The molecule has 0 bridgehead atoms. The van der Waals surface area contributed by atoms with Crippen molar-refractivity contribution >= 4 is 27.6 Å². The minimum Gasteiger partial charge on any atom is -0.349 e. The van der Waals surface area contributed by atoms with E-state index in [1.54, 1.807) is 24.3 Å². The van der Waals surface area contributed by atoms with Crippen molar-refractivity contribution in [2.75, 3.05) is 13.1 Å². The molecule has 1 saturated heterocycles. The van der Waals surface area contributed by atoms with E-state index in [2.05, 4.69) is 10.0 Å². The molecule has 0 saturated carbocycles. The van der Waals surface area contributed by atoms with Gasteiger partial charge in [-0.15, -0.1) is 0 Å². The Morgan fingerprint density at radius 1 is 0.943 bits per heavy atom. The number of nitrogens with zero attached hydrogens (tertiary/aromatic N) is 1. The first-order valence-electron chi connectivity index (χ1n) is 11.8. The summed E-state index contributed by atoms with van der Waals surface area (Å²) in [7, 11) is -3.73. The number of nitrogens with one attached hydrogen (secondary N) is 2. The Morgan fingerprint density at radius 3 is 2.06 bits per heavy atom. The summed E-state index contributed by atoms with van der Waals surface area (Å²) in [5, 5.41) is 3.03. The molecular formula is C26H33N3O5S. The normalized spacial score (nSPS) is 14.7. The van der Waals surface area contributed by atoms with Crippen LogP contribution in [0.4, 0.5) is 0 Å². The zero-order valence-electron chi connectivity index (χ0n) is 20.4. The first-order chi connectivity index (χ1) is 16.5. The number of likely N-dealkylation sites (tertiary alicyclic amines) is 1. The van der Waals surface area contributed by atoms with E-state index >= 15 is 0 Å². The molecule has 0 atom stereocenters. The Balaban J connectivity index is 1.49. The Bertz CT molecular complexity index is 1150. The fourth-order valence-corrected chi connectivity index (χ4v) is 4.94. The van der Waals surface area contributed by atoms with Crippen LogP contribution in [-0.4, -0.2) is 50.0 Å². The molecule has 2 N–H and O–H groups in total. The highest BCUT2D eigenvalue weighted by Gasteiger charge is 2.24. The molecule has 0 aromatic heterocycles. The molecule has 3 rings (SSSR count). The van der Waals surface area contributed by atoms with E-state index in [-0.39, 0.29) is 35.1 Å². The second-order valence-electron chi connectivity index (χ2n) is 9.33. The lowest BCUT2D eigenvalue weighted by Crippen LogP contribution is -2.46. The smallest absolute Gasteiger partial charge is 0.251 e. The fraction of sp³-hybridized carbons (Fsp3) is 0.423. The van der Waals surface area contributed by atoms with E-state index in [0.29, 0.717) is 42.1 Å². The number of sulfonamides is 1. The van der Waals surface area contributed by atoms with Crippen molar-refractivity contribution in [3.63, 3.8) is 0 Å². The second kappa shape index (κ2) is 11.6. The van der Waals surface area contributed by atoms with Crippen molar-refractivity contribution < 1.29 is 22.8 Å². The highest BCUT2D eigenvalue weighted by atomic mass is 32.2. The molecule has 0 radical (unpaired) electrons. The summed E-state index contributed by atoms with van der Waals surface area (Å²) in [5.41, 5.74) is 1.65. The van der Waals surface area contributed by atoms with E-state index in [0.717, 1.165) is 12.8 Å². The van der Waals surface area contributed by atoms with Crippen LogP contribution in [0.25, 0.3) is 0 Å². The van der Waals surface area contributed by atoms with Gasteiger partial charge in [0.2, 0.25) is 15.9 Å². The van der Waals surface area contributed by atoms with Crippen LogP contribution in [0, 0.1) is 5.92 Å². The van der Waals surface area contributed by atoms with Crippen LogP contribution in [0.2, 0.25) is 0 Å². The van der Waals surface area contributed by atoms with Crippen LogP contribution in [0.3, 0.4) is 0 Å². The van der Waals surface area contributed by atoms with Gasteiger partial charge in [0.25, 0.3) is 5.91 Å². The van der Waals surface area contributed by atoms with Crippen molar-refractivity contribution in [2.24, 2.45) is 5.92 Å². The zero-order chi connectivity index (χ0) is 25.6. The maximum Gasteiger partial charge on any atom is 0.251 e. The third kappa shape index (κ3) is 7.47. The molecule has 2 aromatic rings. The van der Waals surface area contributed by atoms with E-state index in [9.17, 15) is 22.8 Å². The van der Waals surface area contributed by atoms with Gasteiger partial charge in [-0.05, 0) is 55.5 Å². The highest BCUT2D eigenvalue weighted by molar-refractivity contribution is 7.89. The summed E-state index contributed by atoms with van der Waals surface area (Å²) in [6, 6.07) is 12.5. The number of ketones is 1. The summed E-state index contributed by atoms with van der Waals surface area (Å²) in [4.78, 5) is 38.2. The van der Waals surface area contributed by atoms with Crippen molar-refractivity contribution in [1.82, 2.24) is 14.9 Å². The van der Waals surface area contributed by atoms with Gasteiger partial charge in [-0.3, -0.25) is 14.4 Å². The van der Waals surface area contributed by atoms with E-state index in [4.69, 9.17) is 0 Å². The minimum atomic E-state index is -3.73. The van der Waals surface area contributed by atoms with Crippen LogP contribution in [0.1, 0.15) is 66.3 Å². The molecule has 9 heteroatoms. The van der Waals surface area contributed by atoms with Crippen molar-refractivity contribution in [3.8, 4) is 0 Å². The lowest BCUT2D eigenvalue weighted by atomic mass is 10.0. The molecule has 0 spiro atoms. The molecule has 2 amide bonds. The molecule has 188 valence electrons. The van der Waals surface area contributed by atoms with Gasteiger partial charge >= 0.3 is 0 Å². The summed E-state index contributed by atoms with van der Waals surface area (Å²) in [5.74, 6) is 0.185. The Kier molecular flexibility index (Phi) is 8.80. The number of amides is 2. The Morgan fingerprint density at radius 2 is 1.51 bits per heavy atom. The quantitative estimate of drug-likeness (QED) is 0.515. The van der Waals surface area contributed by atoms with Crippen LogP contribution in [0.15, 0.2) is 53.4 Å². The Labute approximate surface area is 207 Å². The SMILES string of the molecule is CC(=O)c1ccc(S(=O)(=O)NCc2ccc(C(=O)NC3CCN(C(=O)CC(C)C)CC3)cc2)cc1. The van der Waals surface area contributed by atoms with Crippen molar-refractivity contribution in [3.05, 3.63) is 65.2 Å². The lowest BCUT2D eigenvalue weighted by molar-refractivity contribution is -0.133. The van der Waals surface area contributed by atoms with Crippen LogP contribution in [0.5, 0.6) is 0 Å². The summed E-state index contributed by atoms with van der Waals surface area (Å²) in [6.45, 7) is 6.84. The topological polar surface area (TPSA) is 113 Å². The number of hydrogen-bond donors (Lipinski definition) is 2. The van der Waals surface area contributed by atoms with E-state index in [1.165, 1.54) is 31.2 Å². The van der Waals surface area contributed by atoms with E-state index in [1.807, 2.05) is 18.7 Å². The van der Waals surface area contributed by atoms with E-state index < -0.39 is 10.0 Å². The summed E-state index contributed by atoms with van der Waals surface area (Å²) < 4.78 is 27.6. The largest absolute Gasteiger partial charge is 0.349 e. The molecular weight excluding hydrogens is 466 g/mol. The van der Waals surface area contributed by atoms with Gasteiger partial charge in [-0.2, -0.15) is 0 Å². The van der Waals surface area contributed by atoms with Gasteiger partial charge in [0.1, 0.15) is 0 Å². The monoisotopic (exact) mass is 499 g/mol. The number of piperidine rings is 1. The average molecular weight is 500 g/mol. The number of hydrogen-bond acceptors (Lipinski definition) is 5. The maximum atomic E-state index is 12.6. The third-order valence-electron chi connectivity index (χ3n) is 6.02. The number of Topliss-reactive ketones (excluding diaryl/α,β-unsaturated/α-hetero) is 1. The number of carbonyl (C=O) groups excluding carboxylic acids is 3. The third-order valence-corrected chi connectivity index (χ3v) is 7.44. The number of rotatable bonds is 9. The van der Waals surface area contributed by atoms with Gasteiger partial charge in [-0.1, -0.05) is 38.1 Å². The minimum absolute atomic E-state index is 0.0199. The van der Waals surface area contributed by atoms with Gasteiger partial charge in [0.05, 0.1) is 4.90 Å². The van der Waals surface area contributed by atoms with Crippen LogP contribution < -0.4 is 10.0 Å². The highest BCUT2D eigenvalue weighted by Crippen LogP contribution is 2.15. The first-order valence-corrected chi connectivity index (χ1v) is 13.3. The average Bonchev–Trinajstić information content (AvgIpc) is 2.83. The van der Waals surface area contributed by atoms with Gasteiger partial charge in [0, 0.05) is 43.2 Å². The molecule has 2 aromatic carbocycles. The lowest BCUT2D eigenvalue weighted by Gasteiger charge is -2.32. The standard InChI is InChI=1S/C26H33N3O5S/c1-18(2)16-25(31)29-14-12-23(13-15-29)28-26(32)22-6-4-20(5-7-22)17-27-35(33,34)24-10-8-21(9-11-24)19(3)30/h4-11,18,23,27H,12-17H2,1-3H3,(H,28,32).